The lowest BCUT2D eigenvalue weighted by Gasteiger charge is -2.07. The van der Waals surface area contributed by atoms with Crippen LogP contribution < -0.4 is 5.73 Å². The highest BCUT2D eigenvalue weighted by molar-refractivity contribution is 5.44. The number of aromatic nitrogens is 1. The van der Waals surface area contributed by atoms with E-state index in [4.69, 9.17) is 11.0 Å². The lowest BCUT2D eigenvalue weighted by Crippen LogP contribution is -2.02. The molecule has 68 valence electrons. The Morgan fingerprint density at radius 3 is 2.85 bits per heavy atom. The van der Waals surface area contributed by atoms with Gasteiger partial charge in [-0.2, -0.15) is 5.26 Å². The summed E-state index contributed by atoms with van der Waals surface area (Å²) in [6, 6.07) is 3.86. The summed E-state index contributed by atoms with van der Waals surface area (Å²) in [5.41, 5.74) is 7.21. The van der Waals surface area contributed by atoms with Gasteiger partial charge in [0, 0.05) is 6.20 Å². The third-order valence-corrected chi connectivity index (χ3v) is 1.76. The van der Waals surface area contributed by atoms with Crippen LogP contribution in [0.1, 0.15) is 25.0 Å². The first-order chi connectivity index (χ1) is 6.13. The van der Waals surface area contributed by atoms with Gasteiger partial charge in [0.25, 0.3) is 0 Å². The molecule has 0 radical (unpaired) electrons. The van der Waals surface area contributed by atoms with E-state index in [-0.39, 0.29) is 0 Å². The normalized spacial score (nSPS) is 10.0. The van der Waals surface area contributed by atoms with Gasteiger partial charge in [-0.3, -0.25) is 0 Å². The van der Waals surface area contributed by atoms with Gasteiger partial charge < -0.3 is 5.73 Å². The van der Waals surface area contributed by atoms with E-state index in [1.807, 2.05) is 12.1 Å². The number of pyridine rings is 1. The van der Waals surface area contributed by atoms with Crippen molar-refractivity contribution in [1.29, 1.82) is 5.26 Å². The van der Waals surface area contributed by atoms with Crippen molar-refractivity contribution in [3.05, 3.63) is 23.4 Å². The summed E-state index contributed by atoms with van der Waals surface area (Å²) in [5.74, 6) is 1.06. The first-order valence-corrected chi connectivity index (χ1v) is 4.28. The van der Waals surface area contributed by atoms with Crippen LogP contribution in [0.2, 0.25) is 0 Å². The van der Waals surface area contributed by atoms with Gasteiger partial charge in [0.2, 0.25) is 0 Å². The molecule has 1 heterocycles. The molecule has 13 heavy (non-hydrogen) atoms. The molecule has 0 aliphatic carbocycles. The number of anilines is 1. The fourth-order valence-electron chi connectivity index (χ4n) is 1.19. The Bertz CT molecular complexity index is 337. The summed E-state index contributed by atoms with van der Waals surface area (Å²) in [4.78, 5) is 3.96. The fraction of sp³-hybridized carbons (Fsp3) is 0.400. The Morgan fingerprint density at radius 1 is 1.62 bits per heavy atom. The Morgan fingerprint density at radius 2 is 2.31 bits per heavy atom. The molecule has 0 spiro atoms. The van der Waals surface area contributed by atoms with Crippen molar-refractivity contribution in [3.8, 4) is 6.07 Å². The summed E-state index contributed by atoms with van der Waals surface area (Å²) in [6.07, 6.45) is 2.37. The zero-order valence-corrected chi connectivity index (χ0v) is 7.91. The van der Waals surface area contributed by atoms with Crippen molar-refractivity contribution in [2.24, 2.45) is 5.92 Å². The van der Waals surface area contributed by atoms with E-state index >= 15 is 0 Å². The Hall–Kier alpha value is -1.56. The molecule has 3 nitrogen and oxygen atoms in total. The molecular weight excluding hydrogens is 162 g/mol. The summed E-state index contributed by atoms with van der Waals surface area (Å²) in [5, 5.41) is 8.66. The fourth-order valence-corrected chi connectivity index (χ4v) is 1.19. The standard InChI is InChI=1S/C10H13N3/c1-7(2)3-9-4-8(5-11)6-13-10(9)12/h4,6-7H,3H2,1-2H3,(H2,12,13). The Kier molecular flexibility index (Phi) is 2.86. The first-order valence-electron chi connectivity index (χ1n) is 4.28. The van der Waals surface area contributed by atoms with Gasteiger partial charge in [-0.05, 0) is 24.0 Å². The molecule has 0 fully saturated rings. The van der Waals surface area contributed by atoms with Crippen LogP contribution in [-0.2, 0) is 6.42 Å². The molecule has 2 N–H and O–H groups in total. The zero-order chi connectivity index (χ0) is 9.84. The Labute approximate surface area is 78.2 Å². The molecule has 0 aliphatic rings. The van der Waals surface area contributed by atoms with E-state index in [0.29, 0.717) is 17.3 Å². The molecule has 1 aromatic rings. The van der Waals surface area contributed by atoms with Crippen molar-refractivity contribution in [2.45, 2.75) is 20.3 Å². The smallest absolute Gasteiger partial charge is 0.126 e. The summed E-state index contributed by atoms with van der Waals surface area (Å²) in [6.45, 7) is 4.22. The molecule has 0 saturated heterocycles. The number of hydrogen-bond acceptors (Lipinski definition) is 3. The van der Waals surface area contributed by atoms with Crippen molar-refractivity contribution in [3.63, 3.8) is 0 Å². The van der Waals surface area contributed by atoms with Crippen molar-refractivity contribution >= 4 is 5.82 Å². The summed E-state index contributed by atoms with van der Waals surface area (Å²) >= 11 is 0. The Balaban J connectivity index is 2.99. The number of nitrogens with two attached hydrogens (primary N) is 1. The topological polar surface area (TPSA) is 62.7 Å². The maximum atomic E-state index is 8.66. The van der Waals surface area contributed by atoms with Gasteiger partial charge in [0.05, 0.1) is 5.56 Å². The predicted molar refractivity (Wildman–Crippen MR) is 51.9 cm³/mol. The van der Waals surface area contributed by atoms with Gasteiger partial charge in [-0.15, -0.1) is 0 Å². The minimum absolute atomic E-state index is 0.526. The first kappa shape index (κ1) is 9.53. The maximum Gasteiger partial charge on any atom is 0.126 e. The van der Waals surface area contributed by atoms with Crippen LogP contribution in [0.15, 0.2) is 12.3 Å². The molecule has 3 heteroatoms. The van der Waals surface area contributed by atoms with Crippen molar-refractivity contribution in [2.75, 3.05) is 5.73 Å². The molecular formula is C10H13N3. The van der Waals surface area contributed by atoms with Gasteiger partial charge in [-0.25, -0.2) is 4.98 Å². The molecule has 1 aromatic heterocycles. The quantitative estimate of drug-likeness (QED) is 0.744. The zero-order valence-electron chi connectivity index (χ0n) is 7.91. The van der Waals surface area contributed by atoms with E-state index in [2.05, 4.69) is 18.8 Å². The molecule has 0 atom stereocenters. The maximum absolute atomic E-state index is 8.66. The SMILES string of the molecule is CC(C)Cc1cc(C#N)cnc1N. The van der Waals surface area contributed by atoms with E-state index in [9.17, 15) is 0 Å². The lowest BCUT2D eigenvalue weighted by atomic mass is 10.0. The van der Waals surface area contributed by atoms with Crippen LogP contribution in [0.5, 0.6) is 0 Å². The minimum atomic E-state index is 0.526. The predicted octanol–water partition coefficient (Wildman–Crippen LogP) is 1.73. The second-order valence-electron chi connectivity index (χ2n) is 3.48. The van der Waals surface area contributed by atoms with Gasteiger partial charge in [0.15, 0.2) is 0 Å². The van der Waals surface area contributed by atoms with Crippen molar-refractivity contribution in [1.82, 2.24) is 4.98 Å². The second kappa shape index (κ2) is 3.90. The van der Waals surface area contributed by atoms with Crippen molar-refractivity contribution < 1.29 is 0 Å². The molecule has 0 bridgehead atoms. The third-order valence-electron chi connectivity index (χ3n) is 1.76. The van der Waals surface area contributed by atoms with Gasteiger partial charge >= 0.3 is 0 Å². The van der Waals surface area contributed by atoms with Gasteiger partial charge in [0.1, 0.15) is 11.9 Å². The van der Waals surface area contributed by atoms with Crippen LogP contribution in [0, 0.1) is 17.2 Å². The summed E-state index contributed by atoms with van der Waals surface area (Å²) in [7, 11) is 0. The monoisotopic (exact) mass is 175 g/mol. The highest BCUT2D eigenvalue weighted by Crippen LogP contribution is 2.14. The molecule has 0 unspecified atom stereocenters. The van der Waals surface area contributed by atoms with Crippen LogP contribution >= 0.6 is 0 Å². The lowest BCUT2D eigenvalue weighted by molar-refractivity contribution is 0.647. The number of nitrogen functional groups attached to an aromatic ring is 1. The number of rotatable bonds is 2. The molecule has 0 aliphatic heterocycles. The van der Waals surface area contributed by atoms with E-state index < -0.39 is 0 Å². The van der Waals surface area contributed by atoms with E-state index in [1.165, 1.54) is 6.20 Å². The number of nitrogens with zero attached hydrogens (tertiary/aromatic N) is 2. The van der Waals surface area contributed by atoms with Crippen LogP contribution in [0.3, 0.4) is 0 Å². The van der Waals surface area contributed by atoms with Gasteiger partial charge in [-0.1, -0.05) is 13.8 Å². The highest BCUT2D eigenvalue weighted by atomic mass is 14.8. The largest absolute Gasteiger partial charge is 0.383 e. The third kappa shape index (κ3) is 2.45. The highest BCUT2D eigenvalue weighted by Gasteiger charge is 2.04. The molecule has 0 aromatic carbocycles. The van der Waals surface area contributed by atoms with Crippen LogP contribution in [0.4, 0.5) is 5.82 Å². The minimum Gasteiger partial charge on any atom is -0.383 e. The molecule has 1 rings (SSSR count). The molecule has 0 saturated carbocycles. The van der Waals surface area contributed by atoms with E-state index in [1.54, 1.807) is 0 Å². The second-order valence-corrected chi connectivity index (χ2v) is 3.48. The summed E-state index contributed by atoms with van der Waals surface area (Å²) < 4.78 is 0. The van der Waals surface area contributed by atoms with Crippen LogP contribution in [0.25, 0.3) is 0 Å². The number of hydrogen-bond donors (Lipinski definition) is 1. The average Bonchev–Trinajstić information content (AvgIpc) is 2.08. The average molecular weight is 175 g/mol. The number of nitriles is 1. The molecule has 0 amide bonds. The van der Waals surface area contributed by atoms with E-state index in [0.717, 1.165) is 12.0 Å². The van der Waals surface area contributed by atoms with Crippen LogP contribution in [-0.4, -0.2) is 4.98 Å².